The highest BCUT2D eigenvalue weighted by Gasteiger charge is 2.07. The molecule has 0 aliphatic carbocycles. The lowest BCUT2D eigenvalue weighted by Crippen LogP contribution is -2.28. The maximum Gasteiger partial charge on any atom is 0.303 e. The Hall–Kier alpha value is -1.10. The van der Waals surface area contributed by atoms with Crippen molar-refractivity contribution in [2.45, 2.75) is 51.9 Å². The number of carbonyl (C=O) groups excluding carboxylic acids is 1. The molecule has 0 rings (SSSR count). The molecule has 0 aromatic carbocycles. The Kier molecular flexibility index (Phi) is 10.3. The summed E-state index contributed by atoms with van der Waals surface area (Å²) in [5, 5.41) is 11.4. The van der Waals surface area contributed by atoms with E-state index in [1.165, 1.54) is 0 Å². The van der Waals surface area contributed by atoms with E-state index in [0.29, 0.717) is 25.9 Å². The van der Waals surface area contributed by atoms with E-state index in [9.17, 15) is 9.59 Å². The van der Waals surface area contributed by atoms with Gasteiger partial charge in [0.2, 0.25) is 5.91 Å². The zero-order valence-corrected chi connectivity index (χ0v) is 11.3. The van der Waals surface area contributed by atoms with E-state index in [-0.39, 0.29) is 18.2 Å². The fourth-order valence-electron chi connectivity index (χ4n) is 1.63. The van der Waals surface area contributed by atoms with Crippen LogP contribution in [0.4, 0.5) is 0 Å². The zero-order valence-electron chi connectivity index (χ0n) is 11.3. The van der Waals surface area contributed by atoms with Crippen molar-refractivity contribution in [1.29, 1.82) is 0 Å². The number of carbonyl (C=O) groups is 2. The number of aliphatic carboxylic acids is 1. The van der Waals surface area contributed by atoms with Crippen LogP contribution in [0.15, 0.2) is 0 Å². The highest BCUT2D eigenvalue weighted by atomic mass is 16.4. The molecule has 0 aliphatic heterocycles. The van der Waals surface area contributed by atoms with Gasteiger partial charge in [-0.15, -0.1) is 0 Å². The molecule has 0 saturated heterocycles. The summed E-state index contributed by atoms with van der Waals surface area (Å²) in [6.07, 6.45) is 5.36. The highest BCUT2D eigenvalue weighted by molar-refractivity contribution is 5.75. The number of carboxylic acids is 1. The molecule has 5 nitrogen and oxygen atoms in total. The van der Waals surface area contributed by atoms with E-state index in [1.807, 2.05) is 6.92 Å². The summed E-state index contributed by atoms with van der Waals surface area (Å²) in [4.78, 5) is 21.8. The van der Waals surface area contributed by atoms with Crippen molar-refractivity contribution >= 4 is 11.9 Å². The van der Waals surface area contributed by atoms with Gasteiger partial charge in [-0.25, -0.2) is 0 Å². The Morgan fingerprint density at radius 2 is 1.83 bits per heavy atom. The first-order valence-corrected chi connectivity index (χ1v) is 6.74. The first kappa shape index (κ1) is 16.9. The number of rotatable bonds is 11. The normalized spacial score (nSPS) is 12.1. The molecule has 1 amide bonds. The summed E-state index contributed by atoms with van der Waals surface area (Å²) in [5.41, 5.74) is 5.38. The predicted molar refractivity (Wildman–Crippen MR) is 71.2 cm³/mol. The van der Waals surface area contributed by atoms with E-state index in [1.54, 1.807) is 0 Å². The maximum atomic E-state index is 11.5. The van der Waals surface area contributed by atoms with E-state index in [2.05, 4.69) is 5.32 Å². The average molecular weight is 258 g/mol. The number of nitrogens with one attached hydrogen (secondary N) is 1. The first-order chi connectivity index (χ1) is 8.56. The van der Waals surface area contributed by atoms with Gasteiger partial charge in [0.25, 0.3) is 0 Å². The summed E-state index contributed by atoms with van der Waals surface area (Å²) in [6.45, 7) is 3.23. The van der Waals surface area contributed by atoms with E-state index in [0.717, 1.165) is 25.7 Å². The van der Waals surface area contributed by atoms with Gasteiger partial charge in [-0.05, 0) is 31.7 Å². The summed E-state index contributed by atoms with van der Waals surface area (Å²) in [6, 6.07) is 0. The lowest BCUT2D eigenvalue weighted by Gasteiger charge is -2.11. The maximum absolute atomic E-state index is 11.5. The predicted octanol–water partition coefficient (Wildman–Crippen LogP) is 1.51. The molecular formula is C13H26N2O3. The quantitative estimate of drug-likeness (QED) is 0.490. The lowest BCUT2D eigenvalue weighted by molar-refractivity contribution is -0.137. The lowest BCUT2D eigenvalue weighted by atomic mass is 10.1. The largest absolute Gasteiger partial charge is 0.481 e. The second-order valence-corrected chi connectivity index (χ2v) is 4.79. The molecule has 0 aromatic rings. The molecule has 1 atom stereocenters. The molecule has 0 aliphatic rings. The van der Waals surface area contributed by atoms with Crippen molar-refractivity contribution in [3.63, 3.8) is 0 Å². The molecule has 0 aromatic heterocycles. The van der Waals surface area contributed by atoms with Gasteiger partial charge < -0.3 is 16.2 Å². The van der Waals surface area contributed by atoms with Crippen LogP contribution in [0.3, 0.4) is 0 Å². The van der Waals surface area contributed by atoms with Crippen LogP contribution in [0.2, 0.25) is 0 Å². The fraction of sp³-hybridized carbons (Fsp3) is 0.846. The fourth-order valence-corrected chi connectivity index (χ4v) is 1.63. The van der Waals surface area contributed by atoms with Gasteiger partial charge in [0.15, 0.2) is 0 Å². The van der Waals surface area contributed by atoms with Crippen LogP contribution in [0.5, 0.6) is 0 Å². The van der Waals surface area contributed by atoms with Gasteiger partial charge in [0.1, 0.15) is 0 Å². The van der Waals surface area contributed by atoms with E-state index < -0.39 is 5.97 Å². The summed E-state index contributed by atoms with van der Waals surface area (Å²) >= 11 is 0. The van der Waals surface area contributed by atoms with Crippen LogP contribution in [0.25, 0.3) is 0 Å². The molecule has 0 saturated carbocycles. The van der Waals surface area contributed by atoms with E-state index >= 15 is 0 Å². The Morgan fingerprint density at radius 3 is 2.44 bits per heavy atom. The molecule has 18 heavy (non-hydrogen) atoms. The van der Waals surface area contributed by atoms with Crippen molar-refractivity contribution in [3.05, 3.63) is 0 Å². The Labute approximate surface area is 109 Å². The summed E-state index contributed by atoms with van der Waals surface area (Å²) < 4.78 is 0. The van der Waals surface area contributed by atoms with Gasteiger partial charge in [0.05, 0.1) is 0 Å². The van der Waals surface area contributed by atoms with Crippen LogP contribution >= 0.6 is 0 Å². The molecule has 1 unspecified atom stereocenters. The SMILES string of the molecule is CC(CCC(=O)O)CNC(=O)CCCCCCN. The number of hydrogen-bond donors (Lipinski definition) is 3. The first-order valence-electron chi connectivity index (χ1n) is 6.74. The summed E-state index contributed by atoms with van der Waals surface area (Å²) in [5.74, 6) is -0.514. The van der Waals surface area contributed by atoms with Gasteiger partial charge in [-0.2, -0.15) is 0 Å². The van der Waals surface area contributed by atoms with Gasteiger partial charge >= 0.3 is 5.97 Å². The Bertz CT molecular complexity index is 244. The van der Waals surface area contributed by atoms with Crippen molar-refractivity contribution in [1.82, 2.24) is 5.32 Å². The topological polar surface area (TPSA) is 92.4 Å². The van der Waals surface area contributed by atoms with Crippen molar-refractivity contribution in [3.8, 4) is 0 Å². The van der Waals surface area contributed by atoms with Crippen LogP contribution in [-0.4, -0.2) is 30.1 Å². The number of hydrogen-bond acceptors (Lipinski definition) is 3. The number of nitrogens with two attached hydrogens (primary N) is 1. The third-order valence-corrected chi connectivity index (χ3v) is 2.86. The third-order valence-electron chi connectivity index (χ3n) is 2.86. The molecule has 0 spiro atoms. The van der Waals surface area contributed by atoms with Crippen molar-refractivity contribution in [2.75, 3.05) is 13.1 Å². The molecule has 0 radical (unpaired) electrons. The average Bonchev–Trinajstić information content (AvgIpc) is 2.33. The van der Waals surface area contributed by atoms with Crippen molar-refractivity contribution < 1.29 is 14.7 Å². The summed E-state index contributed by atoms with van der Waals surface area (Å²) in [7, 11) is 0. The van der Waals surface area contributed by atoms with Gasteiger partial charge in [0, 0.05) is 19.4 Å². The molecular weight excluding hydrogens is 232 g/mol. The molecule has 0 heterocycles. The molecule has 0 fully saturated rings. The molecule has 5 heteroatoms. The molecule has 106 valence electrons. The number of unbranched alkanes of at least 4 members (excludes halogenated alkanes) is 3. The number of carboxylic acid groups (broad SMARTS) is 1. The number of amides is 1. The minimum Gasteiger partial charge on any atom is -0.481 e. The second-order valence-electron chi connectivity index (χ2n) is 4.79. The van der Waals surface area contributed by atoms with Gasteiger partial charge in [-0.3, -0.25) is 9.59 Å². The van der Waals surface area contributed by atoms with Crippen LogP contribution < -0.4 is 11.1 Å². The van der Waals surface area contributed by atoms with E-state index in [4.69, 9.17) is 10.8 Å². The van der Waals surface area contributed by atoms with Crippen molar-refractivity contribution in [2.24, 2.45) is 11.7 Å². The standard InChI is InChI=1S/C13H26N2O3/c1-11(7-8-13(17)18)10-15-12(16)6-4-2-3-5-9-14/h11H,2-10,14H2,1H3,(H,15,16)(H,17,18). The smallest absolute Gasteiger partial charge is 0.303 e. The third kappa shape index (κ3) is 11.4. The Balaban J connectivity index is 3.43. The monoisotopic (exact) mass is 258 g/mol. The van der Waals surface area contributed by atoms with Gasteiger partial charge in [-0.1, -0.05) is 19.8 Å². The van der Waals surface area contributed by atoms with Crippen LogP contribution in [0.1, 0.15) is 51.9 Å². The minimum absolute atomic E-state index is 0.0601. The molecule has 4 N–H and O–H groups in total. The van der Waals surface area contributed by atoms with Crippen LogP contribution in [-0.2, 0) is 9.59 Å². The second kappa shape index (κ2) is 11.0. The Morgan fingerprint density at radius 1 is 1.17 bits per heavy atom. The highest BCUT2D eigenvalue weighted by Crippen LogP contribution is 2.05. The minimum atomic E-state index is -0.784. The van der Waals surface area contributed by atoms with Crippen LogP contribution in [0, 0.1) is 5.92 Å². The molecule has 0 bridgehead atoms. The zero-order chi connectivity index (χ0) is 13.8.